The summed E-state index contributed by atoms with van der Waals surface area (Å²) >= 11 is 0. The van der Waals surface area contributed by atoms with E-state index in [1.165, 1.54) is 5.56 Å². The molecule has 0 radical (unpaired) electrons. The first kappa shape index (κ1) is 16.1. The molecule has 3 rings (SSSR count). The normalized spacial score (nSPS) is 26.3. The second-order valence-corrected chi connectivity index (χ2v) is 6.73. The Balaban J connectivity index is 1.43. The Kier molecular flexibility index (Phi) is 5.06. The minimum atomic E-state index is -0.272. The number of para-hydroxylation sites is 1. The number of aliphatic hydroxyl groups is 1. The Hall–Kier alpha value is -1.75. The molecule has 1 heterocycles. The molecule has 1 aromatic rings. The van der Waals surface area contributed by atoms with Gasteiger partial charge in [0.05, 0.1) is 12.6 Å². The van der Waals surface area contributed by atoms with Gasteiger partial charge in [-0.3, -0.25) is 0 Å². The van der Waals surface area contributed by atoms with E-state index in [-0.39, 0.29) is 24.2 Å². The van der Waals surface area contributed by atoms with E-state index in [2.05, 4.69) is 11.4 Å². The van der Waals surface area contributed by atoms with Crippen LogP contribution in [0.4, 0.5) is 4.79 Å². The third-order valence-electron chi connectivity index (χ3n) is 4.92. The molecular weight excluding hydrogens is 292 g/mol. The molecule has 3 atom stereocenters. The number of carbonyl (C=O) groups excluding carboxylic acids is 1. The third kappa shape index (κ3) is 3.96. The SMILES string of the molecule is CN(CC1CCCCC1O)C(=O)NCC1Cc2ccccc2O1. The third-order valence-corrected chi connectivity index (χ3v) is 4.92. The zero-order valence-electron chi connectivity index (χ0n) is 13.7. The first-order valence-electron chi connectivity index (χ1n) is 8.55. The van der Waals surface area contributed by atoms with E-state index in [0.717, 1.165) is 37.9 Å². The second kappa shape index (κ2) is 7.21. The van der Waals surface area contributed by atoms with Crippen molar-refractivity contribution in [1.29, 1.82) is 0 Å². The first-order valence-corrected chi connectivity index (χ1v) is 8.55. The van der Waals surface area contributed by atoms with Crippen LogP contribution in [-0.2, 0) is 6.42 Å². The average Bonchev–Trinajstić information content (AvgIpc) is 2.97. The minimum Gasteiger partial charge on any atom is -0.488 e. The molecule has 3 unspecified atom stereocenters. The highest BCUT2D eigenvalue weighted by Gasteiger charge is 2.27. The summed E-state index contributed by atoms with van der Waals surface area (Å²) in [6.45, 7) is 1.11. The van der Waals surface area contributed by atoms with Crippen molar-refractivity contribution in [1.82, 2.24) is 10.2 Å². The number of aliphatic hydroxyl groups excluding tert-OH is 1. The van der Waals surface area contributed by atoms with Crippen LogP contribution >= 0.6 is 0 Å². The molecule has 2 amide bonds. The minimum absolute atomic E-state index is 0.00465. The van der Waals surface area contributed by atoms with Crippen LogP contribution in [0.1, 0.15) is 31.2 Å². The quantitative estimate of drug-likeness (QED) is 0.894. The molecule has 5 heteroatoms. The average molecular weight is 318 g/mol. The summed E-state index contributed by atoms with van der Waals surface area (Å²) in [5.74, 6) is 1.12. The topological polar surface area (TPSA) is 61.8 Å². The van der Waals surface area contributed by atoms with Crippen LogP contribution in [0.3, 0.4) is 0 Å². The number of amides is 2. The molecule has 0 aromatic heterocycles. The molecule has 5 nitrogen and oxygen atoms in total. The van der Waals surface area contributed by atoms with E-state index in [4.69, 9.17) is 4.74 Å². The van der Waals surface area contributed by atoms with Crippen LogP contribution in [-0.4, -0.2) is 48.4 Å². The molecule has 1 aliphatic heterocycles. The highest BCUT2D eigenvalue weighted by molar-refractivity contribution is 5.73. The molecule has 1 aromatic carbocycles. The van der Waals surface area contributed by atoms with Gasteiger partial charge in [-0.15, -0.1) is 0 Å². The van der Waals surface area contributed by atoms with Crippen LogP contribution in [0.15, 0.2) is 24.3 Å². The lowest BCUT2D eigenvalue weighted by Crippen LogP contribution is -2.45. The highest BCUT2D eigenvalue weighted by Crippen LogP contribution is 2.28. The Morgan fingerprint density at radius 3 is 2.91 bits per heavy atom. The predicted octanol–water partition coefficient (Wildman–Crippen LogP) is 2.18. The van der Waals surface area contributed by atoms with Crippen molar-refractivity contribution < 1.29 is 14.6 Å². The number of hydrogen-bond acceptors (Lipinski definition) is 3. The number of carbonyl (C=O) groups is 1. The fourth-order valence-corrected chi connectivity index (χ4v) is 3.54. The molecule has 1 fully saturated rings. The number of ether oxygens (including phenoxy) is 1. The van der Waals surface area contributed by atoms with Gasteiger partial charge in [0.15, 0.2) is 0 Å². The fourth-order valence-electron chi connectivity index (χ4n) is 3.54. The van der Waals surface area contributed by atoms with Gasteiger partial charge in [-0.05, 0) is 24.5 Å². The number of benzene rings is 1. The molecule has 0 spiro atoms. The Morgan fingerprint density at radius 2 is 2.13 bits per heavy atom. The van der Waals surface area contributed by atoms with Crippen LogP contribution < -0.4 is 10.1 Å². The Morgan fingerprint density at radius 1 is 1.35 bits per heavy atom. The monoisotopic (exact) mass is 318 g/mol. The van der Waals surface area contributed by atoms with Gasteiger partial charge in [0.25, 0.3) is 0 Å². The summed E-state index contributed by atoms with van der Waals surface area (Å²) < 4.78 is 5.83. The van der Waals surface area contributed by atoms with Gasteiger partial charge in [0.1, 0.15) is 11.9 Å². The van der Waals surface area contributed by atoms with E-state index >= 15 is 0 Å². The van der Waals surface area contributed by atoms with Crippen molar-refractivity contribution in [3.8, 4) is 5.75 Å². The molecule has 126 valence electrons. The van der Waals surface area contributed by atoms with Crippen molar-refractivity contribution in [2.24, 2.45) is 5.92 Å². The highest BCUT2D eigenvalue weighted by atomic mass is 16.5. The molecule has 0 bridgehead atoms. The number of rotatable bonds is 4. The standard InChI is InChI=1S/C18H26N2O3/c1-20(12-14-7-2-4-8-16(14)21)18(22)19-11-15-10-13-6-3-5-9-17(13)23-15/h3,5-6,9,14-16,21H,2,4,7-8,10-12H2,1H3,(H,19,22). The van der Waals surface area contributed by atoms with Crippen molar-refractivity contribution in [3.05, 3.63) is 29.8 Å². The lowest BCUT2D eigenvalue weighted by molar-refractivity contribution is 0.0563. The molecular formula is C18H26N2O3. The molecule has 23 heavy (non-hydrogen) atoms. The lowest BCUT2D eigenvalue weighted by atomic mass is 9.86. The van der Waals surface area contributed by atoms with Crippen LogP contribution in [0.25, 0.3) is 0 Å². The fraction of sp³-hybridized carbons (Fsp3) is 0.611. The number of nitrogens with zero attached hydrogens (tertiary/aromatic N) is 1. The van der Waals surface area contributed by atoms with E-state index < -0.39 is 0 Å². The summed E-state index contributed by atoms with van der Waals surface area (Å²) in [4.78, 5) is 13.9. The Labute approximate surface area is 137 Å². The number of hydrogen-bond donors (Lipinski definition) is 2. The van der Waals surface area contributed by atoms with Gasteiger partial charge < -0.3 is 20.1 Å². The summed E-state index contributed by atoms with van der Waals surface area (Å²) in [5, 5.41) is 13.0. The zero-order chi connectivity index (χ0) is 16.2. The lowest BCUT2D eigenvalue weighted by Gasteiger charge is -2.31. The molecule has 1 aliphatic carbocycles. The predicted molar refractivity (Wildman–Crippen MR) is 88.6 cm³/mol. The van der Waals surface area contributed by atoms with Gasteiger partial charge in [0, 0.05) is 25.9 Å². The molecule has 1 saturated carbocycles. The molecule has 2 N–H and O–H groups in total. The van der Waals surface area contributed by atoms with E-state index in [0.29, 0.717) is 13.1 Å². The van der Waals surface area contributed by atoms with E-state index in [9.17, 15) is 9.90 Å². The number of nitrogens with one attached hydrogen (secondary N) is 1. The smallest absolute Gasteiger partial charge is 0.317 e. The maximum atomic E-state index is 12.2. The van der Waals surface area contributed by atoms with Gasteiger partial charge in [-0.25, -0.2) is 4.79 Å². The summed E-state index contributed by atoms with van der Waals surface area (Å²) in [6, 6.07) is 7.90. The summed E-state index contributed by atoms with van der Waals surface area (Å²) in [7, 11) is 1.79. The van der Waals surface area contributed by atoms with Crippen molar-refractivity contribution in [2.45, 2.75) is 44.3 Å². The van der Waals surface area contributed by atoms with Crippen LogP contribution in [0.2, 0.25) is 0 Å². The van der Waals surface area contributed by atoms with Gasteiger partial charge in [0.2, 0.25) is 0 Å². The van der Waals surface area contributed by atoms with Gasteiger partial charge in [-0.2, -0.15) is 0 Å². The van der Waals surface area contributed by atoms with E-state index in [1.54, 1.807) is 11.9 Å². The second-order valence-electron chi connectivity index (χ2n) is 6.73. The van der Waals surface area contributed by atoms with Crippen molar-refractivity contribution in [3.63, 3.8) is 0 Å². The Bertz CT molecular complexity index is 524. The van der Waals surface area contributed by atoms with E-state index in [1.807, 2.05) is 18.2 Å². The summed E-state index contributed by atoms with van der Waals surface area (Å²) in [6.07, 6.45) is 4.66. The molecule has 0 saturated heterocycles. The van der Waals surface area contributed by atoms with Gasteiger partial charge in [-0.1, -0.05) is 31.0 Å². The zero-order valence-corrected chi connectivity index (χ0v) is 13.7. The summed E-state index contributed by atoms with van der Waals surface area (Å²) in [5.41, 5.74) is 1.20. The number of fused-ring (bicyclic) bond motifs is 1. The van der Waals surface area contributed by atoms with Gasteiger partial charge >= 0.3 is 6.03 Å². The first-order chi connectivity index (χ1) is 11.1. The van der Waals surface area contributed by atoms with Crippen LogP contribution in [0, 0.1) is 5.92 Å². The largest absolute Gasteiger partial charge is 0.488 e. The van der Waals surface area contributed by atoms with Crippen molar-refractivity contribution >= 4 is 6.03 Å². The van der Waals surface area contributed by atoms with Crippen molar-refractivity contribution in [2.75, 3.05) is 20.1 Å². The molecule has 2 aliphatic rings. The van der Waals surface area contributed by atoms with Crippen LogP contribution in [0.5, 0.6) is 5.75 Å². The maximum absolute atomic E-state index is 12.2. The maximum Gasteiger partial charge on any atom is 0.317 e. The number of urea groups is 1.